The van der Waals surface area contributed by atoms with Gasteiger partial charge in [0, 0.05) is 0 Å². The molecule has 0 aliphatic carbocycles. The number of carbonyl (C=O) groups is 1. The van der Waals surface area contributed by atoms with E-state index in [1.165, 1.54) is 0 Å². The third kappa shape index (κ3) is 5.16. The molecule has 1 aliphatic heterocycles. The van der Waals surface area contributed by atoms with Crippen LogP contribution in [0, 0.1) is 0 Å². The molecule has 1 amide bonds. The van der Waals surface area contributed by atoms with Crippen LogP contribution in [0.3, 0.4) is 0 Å². The lowest BCUT2D eigenvalue weighted by Crippen LogP contribution is -2.49. The van der Waals surface area contributed by atoms with Gasteiger partial charge in [-0.2, -0.15) is 0 Å². The summed E-state index contributed by atoms with van der Waals surface area (Å²) >= 11 is 0. The van der Waals surface area contributed by atoms with Crippen molar-refractivity contribution >= 4 is 13.2 Å². The molecule has 1 saturated heterocycles. The smallest absolute Gasteiger partial charge is 0.444 e. The van der Waals surface area contributed by atoms with Crippen molar-refractivity contribution in [3.8, 4) is 0 Å². The van der Waals surface area contributed by atoms with Crippen LogP contribution in [-0.4, -0.2) is 36.0 Å². The zero-order valence-corrected chi connectivity index (χ0v) is 15.4. The minimum Gasteiger partial charge on any atom is -0.444 e. The van der Waals surface area contributed by atoms with Crippen molar-refractivity contribution in [1.29, 1.82) is 0 Å². The second kappa shape index (κ2) is 6.79. The van der Waals surface area contributed by atoms with Crippen LogP contribution in [0.2, 0.25) is 0 Å². The van der Waals surface area contributed by atoms with Crippen LogP contribution in [0.15, 0.2) is 0 Å². The first-order valence-electron chi connectivity index (χ1n) is 8.23. The molecular weight excluding hydrogens is 281 g/mol. The highest BCUT2D eigenvalue weighted by molar-refractivity contribution is 6.48. The van der Waals surface area contributed by atoms with Gasteiger partial charge in [0.25, 0.3) is 0 Å². The number of unbranched alkanes of at least 4 members (excludes halogenated alkanes) is 1. The number of alkyl carbamates (subject to hydrolysis) is 1. The summed E-state index contributed by atoms with van der Waals surface area (Å²) in [5.74, 6) is -0.212. The molecule has 1 aliphatic rings. The quantitative estimate of drug-likeness (QED) is 0.786. The van der Waals surface area contributed by atoms with Gasteiger partial charge in [0.15, 0.2) is 0 Å². The van der Waals surface area contributed by atoms with Gasteiger partial charge < -0.3 is 19.4 Å². The van der Waals surface area contributed by atoms with E-state index in [0.29, 0.717) is 0 Å². The van der Waals surface area contributed by atoms with Gasteiger partial charge in [-0.05, 0) is 54.9 Å². The lowest BCUT2D eigenvalue weighted by molar-refractivity contribution is 0.00578. The SMILES string of the molecule is CCCCC(NC(=O)OC(C)(C)C)B1OC(C)(C)C(C)(C)O1. The van der Waals surface area contributed by atoms with Crippen LogP contribution in [0.5, 0.6) is 0 Å². The predicted octanol–water partition coefficient (Wildman–Crippen LogP) is 3.70. The van der Waals surface area contributed by atoms with E-state index in [1.807, 2.05) is 48.5 Å². The van der Waals surface area contributed by atoms with Gasteiger partial charge in [-0.3, -0.25) is 0 Å². The fraction of sp³-hybridized carbons (Fsp3) is 0.938. The number of hydrogen-bond acceptors (Lipinski definition) is 4. The minimum absolute atomic E-state index is 0.212. The molecule has 0 saturated carbocycles. The van der Waals surface area contributed by atoms with Crippen molar-refractivity contribution < 1.29 is 18.8 Å². The molecule has 0 bridgehead atoms. The summed E-state index contributed by atoms with van der Waals surface area (Å²) in [5, 5.41) is 2.91. The molecule has 0 aromatic carbocycles. The number of rotatable bonds is 5. The fourth-order valence-corrected chi connectivity index (χ4v) is 2.21. The molecule has 0 aromatic rings. The maximum absolute atomic E-state index is 12.1. The third-order valence-electron chi connectivity index (χ3n) is 4.17. The monoisotopic (exact) mass is 313 g/mol. The normalized spacial score (nSPS) is 21.5. The van der Waals surface area contributed by atoms with E-state index in [9.17, 15) is 4.79 Å². The average Bonchev–Trinajstić information content (AvgIpc) is 2.51. The van der Waals surface area contributed by atoms with E-state index in [0.717, 1.165) is 19.3 Å². The van der Waals surface area contributed by atoms with E-state index < -0.39 is 30.0 Å². The molecule has 0 aromatic heterocycles. The summed E-state index contributed by atoms with van der Waals surface area (Å²) < 4.78 is 17.5. The summed E-state index contributed by atoms with van der Waals surface area (Å²) in [7, 11) is -0.455. The molecule has 0 radical (unpaired) electrons. The van der Waals surface area contributed by atoms with Crippen molar-refractivity contribution in [3.05, 3.63) is 0 Å². The molecule has 6 heteroatoms. The molecule has 128 valence electrons. The van der Waals surface area contributed by atoms with Crippen molar-refractivity contribution in [3.63, 3.8) is 0 Å². The third-order valence-corrected chi connectivity index (χ3v) is 4.17. The summed E-state index contributed by atoms with van der Waals surface area (Å²) in [5.41, 5.74) is -1.33. The minimum atomic E-state index is -0.519. The lowest BCUT2D eigenvalue weighted by Gasteiger charge is -2.32. The predicted molar refractivity (Wildman–Crippen MR) is 88.8 cm³/mol. The molecule has 1 heterocycles. The standard InChI is InChI=1S/C16H32BNO4/c1-9-10-11-12(18-13(19)20-14(2,3)4)17-21-15(5,6)16(7,8)22-17/h12H,9-11H2,1-8H3,(H,18,19). The molecule has 1 rings (SSSR count). The molecular formula is C16H32BNO4. The highest BCUT2D eigenvalue weighted by Gasteiger charge is 2.54. The Kier molecular flexibility index (Phi) is 5.96. The summed E-state index contributed by atoms with van der Waals surface area (Å²) in [6.45, 7) is 15.7. The first-order chi connectivity index (χ1) is 9.88. The van der Waals surface area contributed by atoms with Crippen molar-refractivity contribution in [1.82, 2.24) is 5.32 Å². The Morgan fingerprint density at radius 1 is 1.18 bits per heavy atom. The first-order valence-corrected chi connectivity index (χ1v) is 8.23. The highest BCUT2D eigenvalue weighted by Crippen LogP contribution is 2.38. The second-order valence-corrected chi connectivity index (χ2v) is 8.02. The van der Waals surface area contributed by atoms with Crippen LogP contribution in [-0.2, 0) is 14.0 Å². The van der Waals surface area contributed by atoms with E-state index in [4.69, 9.17) is 14.0 Å². The molecule has 5 nitrogen and oxygen atoms in total. The van der Waals surface area contributed by atoms with Gasteiger partial charge >= 0.3 is 13.2 Å². The number of ether oxygens (including phenoxy) is 1. The summed E-state index contributed by atoms with van der Waals surface area (Å²) in [6.07, 6.45) is 2.41. The lowest BCUT2D eigenvalue weighted by atomic mass is 9.75. The first kappa shape index (κ1) is 19.3. The van der Waals surface area contributed by atoms with Crippen LogP contribution < -0.4 is 5.32 Å². The Hall–Kier alpha value is -0.745. The van der Waals surface area contributed by atoms with Gasteiger partial charge in [0.2, 0.25) is 0 Å². The summed E-state index contributed by atoms with van der Waals surface area (Å²) in [6, 6.07) is 0. The number of nitrogens with one attached hydrogen (secondary N) is 1. The fourth-order valence-electron chi connectivity index (χ4n) is 2.21. The average molecular weight is 313 g/mol. The van der Waals surface area contributed by atoms with Crippen LogP contribution in [0.4, 0.5) is 4.79 Å². The maximum Gasteiger partial charge on any atom is 0.481 e. The molecule has 1 atom stereocenters. The molecule has 22 heavy (non-hydrogen) atoms. The van der Waals surface area contributed by atoms with E-state index in [2.05, 4.69) is 12.2 Å². The Bertz CT molecular complexity index is 374. The zero-order chi connectivity index (χ0) is 17.2. The van der Waals surface area contributed by atoms with Gasteiger partial charge in [-0.15, -0.1) is 0 Å². The number of carbonyl (C=O) groups excluding carboxylic acids is 1. The van der Waals surface area contributed by atoms with Gasteiger partial charge in [0.1, 0.15) is 5.60 Å². The summed E-state index contributed by atoms with van der Waals surface area (Å²) in [4.78, 5) is 12.1. The molecule has 1 fully saturated rings. The van der Waals surface area contributed by atoms with Gasteiger partial charge in [0.05, 0.1) is 17.1 Å². The topological polar surface area (TPSA) is 56.8 Å². The van der Waals surface area contributed by atoms with E-state index in [1.54, 1.807) is 0 Å². The van der Waals surface area contributed by atoms with Crippen LogP contribution >= 0.6 is 0 Å². The van der Waals surface area contributed by atoms with Crippen molar-refractivity contribution in [2.75, 3.05) is 0 Å². The largest absolute Gasteiger partial charge is 0.481 e. The molecule has 1 N–H and O–H groups in total. The van der Waals surface area contributed by atoms with E-state index in [-0.39, 0.29) is 5.94 Å². The van der Waals surface area contributed by atoms with Gasteiger partial charge in [-0.1, -0.05) is 19.8 Å². The van der Waals surface area contributed by atoms with Crippen LogP contribution in [0.1, 0.15) is 74.7 Å². The Morgan fingerprint density at radius 3 is 2.09 bits per heavy atom. The Labute approximate surface area is 135 Å². The Morgan fingerprint density at radius 2 is 1.68 bits per heavy atom. The second-order valence-electron chi connectivity index (χ2n) is 8.02. The van der Waals surface area contributed by atoms with E-state index >= 15 is 0 Å². The Balaban J connectivity index is 2.75. The van der Waals surface area contributed by atoms with Crippen LogP contribution in [0.25, 0.3) is 0 Å². The van der Waals surface area contributed by atoms with Crippen molar-refractivity contribution in [2.24, 2.45) is 0 Å². The maximum atomic E-state index is 12.1. The van der Waals surface area contributed by atoms with Crippen molar-refractivity contribution in [2.45, 2.75) is 97.4 Å². The molecule has 0 spiro atoms. The number of amides is 1. The highest BCUT2D eigenvalue weighted by atomic mass is 16.7. The molecule has 1 unspecified atom stereocenters. The number of hydrogen-bond donors (Lipinski definition) is 1. The zero-order valence-electron chi connectivity index (χ0n) is 15.4. The van der Waals surface area contributed by atoms with Gasteiger partial charge in [-0.25, -0.2) is 4.79 Å².